The molecule has 0 bridgehead atoms. The van der Waals surface area contributed by atoms with Crippen molar-refractivity contribution in [3.63, 3.8) is 0 Å². The monoisotopic (exact) mass is 327 g/mol. The second-order valence-corrected chi connectivity index (χ2v) is 5.27. The number of nitrogens with one attached hydrogen (secondary N) is 2. The first-order valence-electron chi connectivity index (χ1n) is 6.69. The molecule has 3 aromatic rings. The Kier molecular flexibility index (Phi) is 4.44. The van der Waals surface area contributed by atoms with Crippen LogP contribution in [-0.4, -0.2) is 28.1 Å². The summed E-state index contributed by atoms with van der Waals surface area (Å²) in [7, 11) is 1.61. The van der Waals surface area contributed by atoms with Crippen molar-refractivity contribution in [2.45, 2.75) is 0 Å². The van der Waals surface area contributed by atoms with E-state index >= 15 is 0 Å². The molecule has 0 aliphatic rings. The minimum atomic E-state index is -0.425. The van der Waals surface area contributed by atoms with E-state index in [0.29, 0.717) is 10.9 Å². The number of para-hydroxylation sites is 1. The second kappa shape index (κ2) is 6.84. The lowest BCUT2D eigenvalue weighted by atomic mass is 10.1. The lowest BCUT2D eigenvalue weighted by molar-refractivity contribution is 0.262. The van der Waals surface area contributed by atoms with Crippen LogP contribution >= 0.6 is 11.3 Å². The number of thiazole rings is 1. The van der Waals surface area contributed by atoms with Crippen LogP contribution < -0.4 is 15.4 Å². The van der Waals surface area contributed by atoms with E-state index in [1.54, 1.807) is 7.11 Å². The first-order valence-corrected chi connectivity index (χ1v) is 7.57. The number of aromatic nitrogens is 3. The SMILES string of the molecule is COc1ccccc1-c1csc(NC(=O)Nc2cnccn2)n1. The van der Waals surface area contributed by atoms with Crippen LogP contribution in [0.5, 0.6) is 5.75 Å². The summed E-state index contributed by atoms with van der Waals surface area (Å²) in [5, 5.41) is 7.58. The second-order valence-electron chi connectivity index (χ2n) is 4.41. The van der Waals surface area contributed by atoms with Crippen molar-refractivity contribution in [1.29, 1.82) is 0 Å². The van der Waals surface area contributed by atoms with Gasteiger partial charge in [0.15, 0.2) is 10.9 Å². The summed E-state index contributed by atoms with van der Waals surface area (Å²) in [5.74, 6) is 1.10. The van der Waals surface area contributed by atoms with Gasteiger partial charge in [-0.1, -0.05) is 12.1 Å². The van der Waals surface area contributed by atoms with Crippen LogP contribution in [0.2, 0.25) is 0 Å². The zero-order chi connectivity index (χ0) is 16.1. The van der Waals surface area contributed by atoms with E-state index in [9.17, 15) is 4.79 Å². The number of carbonyl (C=O) groups excluding carboxylic acids is 1. The molecule has 0 unspecified atom stereocenters. The van der Waals surface area contributed by atoms with Crippen molar-refractivity contribution < 1.29 is 9.53 Å². The van der Waals surface area contributed by atoms with Crippen molar-refractivity contribution in [2.75, 3.05) is 17.7 Å². The molecule has 116 valence electrons. The number of nitrogens with zero attached hydrogens (tertiary/aromatic N) is 3. The Morgan fingerprint density at radius 1 is 1.22 bits per heavy atom. The highest BCUT2D eigenvalue weighted by atomic mass is 32.1. The van der Waals surface area contributed by atoms with E-state index in [4.69, 9.17) is 4.74 Å². The lowest BCUT2D eigenvalue weighted by Gasteiger charge is -2.05. The molecule has 3 rings (SSSR count). The summed E-state index contributed by atoms with van der Waals surface area (Å²) >= 11 is 1.33. The molecule has 2 amide bonds. The van der Waals surface area contributed by atoms with Gasteiger partial charge in [0.05, 0.1) is 19.0 Å². The van der Waals surface area contributed by atoms with Crippen LogP contribution in [0.3, 0.4) is 0 Å². The Morgan fingerprint density at radius 3 is 2.87 bits per heavy atom. The quantitative estimate of drug-likeness (QED) is 0.768. The Morgan fingerprint density at radius 2 is 2.09 bits per heavy atom. The number of carbonyl (C=O) groups is 1. The highest BCUT2D eigenvalue weighted by Crippen LogP contribution is 2.31. The fraction of sp³-hybridized carbons (Fsp3) is 0.0667. The van der Waals surface area contributed by atoms with Crippen LogP contribution in [0.4, 0.5) is 15.7 Å². The Bertz CT molecular complexity index is 806. The largest absolute Gasteiger partial charge is 0.496 e. The van der Waals surface area contributed by atoms with Crippen molar-refractivity contribution in [3.05, 3.63) is 48.2 Å². The molecule has 0 saturated heterocycles. The molecule has 0 spiro atoms. The third-order valence-corrected chi connectivity index (χ3v) is 3.67. The zero-order valence-corrected chi connectivity index (χ0v) is 13.0. The first kappa shape index (κ1) is 14.9. The zero-order valence-electron chi connectivity index (χ0n) is 12.2. The molecular weight excluding hydrogens is 314 g/mol. The summed E-state index contributed by atoms with van der Waals surface area (Å²) in [6, 6.07) is 7.15. The topological polar surface area (TPSA) is 89.0 Å². The van der Waals surface area contributed by atoms with E-state index in [2.05, 4.69) is 25.6 Å². The van der Waals surface area contributed by atoms with Crippen molar-refractivity contribution >= 4 is 28.3 Å². The number of hydrogen-bond donors (Lipinski definition) is 2. The van der Waals surface area contributed by atoms with Crippen LogP contribution in [0, 0.1) is 0 Å². The molecule has 2 N–H and O–H groups in total. The Hall–Kier alpha value is -3.00. The third-order valence-electron chi connectivity index (χ3n) is 2.91. The van der Waals surface area contributed by atoms with Gasteiger partial charge in [0.25, 0.3) is 0 Å². The Balaban J connectivity index is 1.71. The summed E-state index contributed by atoms with van der Waals surface area (Å²) in [5.41, 5.74) is 1.61. The molecule has 2 aromatic heterocycles. The minimum Gasteiger partial charge on any atom is -0.496 e. The molecule has 7 nitrogen and oxygen atoms in total. The molecule has 0 fully saturated rings. The van der Waals surface area contributed by atoms with Crippen molar-refractivity contribution in [1.82, 2.24) is 15.0 Å². The summed E-state index contributed by atoms with van der Waals surface area (Å²) in [4.78, 5) is 24.1. The number of anilines is 2. The number of urea groups is 1. The Labute approximate surface area is 136 Å². The van der Waals surface area contributed by atoms with Gasteiger partial charge in [0, 0.05) is 23.3 Å². The van der Waals surface area contributed by atoms with Crippen molar-refractivity contribution in [3.8, 4) is 17.0 Å². The van der Waals surface area contributed by atoms with Gasteiger partial charge >= 0.3 is 6.03 Å². The maximum atomic E-state index is 11.9. The van der Waals surface area contributed by atoms with Gasteiger partial charge in [0.1, 0.15) is 5.75 Å². The molecule has 2 heterocycles. The number of amides is 2. The molecule has 1 aromatic carbocycles. The molecule has 0 saturated carbocycles. The molecule has 0 aliphatic carbocycles. The molecule has 0 radical (unpaired) electrons. The van der Waals surface area contributed by atoms with Gasteiger partial charge in [-0.3, -0.25) is 15.6 Å². The number of hydrogen-bond acceptors (Lipinski definition) is 6. The average Bonchev–Trinajstić information content (AvgIpc) is 3.03. The van der Waals surface area contributed by atoms with E-state index in [-0.39, 0.29) is 0 Å². The lowest BCUT2D eigenvalue weighted by Crippen LogP contribution is -2.20. The van der Waals surface area contributed by atoms with Crippen LogP contribution in [0.15, 0.2) is 48.2 Å². The van der Waals surface area contributed by atoms with Crippen LogP contribution in [0.1, 0.15) is 0 Å². The third kappa shape index (κ3) is 3.61. The van der Waals surface area contributed by atoms with E-state index in [1.165, 1.54) is 29.9 Å². The van der Waals surface area contributed by atoms with Crippen LogP contribution in [0.25, 0.3) is 11.3 Å². The molecule has 0 atom stereocenters. The van der Waals surface area contributed by atoms with Crippen LogP contribution in [-0.2, 0) is 0 Å². The summed E-state index contributed by atoms with van der Waals surface area (Å²) < 4.78 is 5.32. The normalized spacial score (nSPS) is 10.1. The molecular formula is C15H13N5O2S. The number of rotatable bonds is 4. The predicted octanol–water partition coefficient (Wildman–Crippen LogP) is 3.25. The molecule has 23 heavy (non-hydrogen) atoms. The van der Waals surface area contributed by atoms with E-state index in [1.807, 2.05) is 29.6 Å². The minimum absolute atomic E-state index is 0.367. The van der Waals surface area contributed by atoms with Gasteiger partial charge in [0.2, 0.25) is 0 Å². The molecule has 8 heteroatoms. The van der Waals surface area contributed by atoms with Gasteiger partial charge in [-0.25, -0.2) is 14.8 Å². The maximum absolute atomic E-state index is 11.9. The predicted molar refractivity (Wildman–Crippen MR) is 88.8 cm³/mol. The number of ether oxygens (including phenoxy) is 1. The highest BCUT2D eigenvalue weighted by Gasteiger charge is 2.11. The summed E-state index contributed by atoms with van der Waals surface area (Å²) in [6.07, 6.45) is 4.49. The van der Waals surface area contributed by atoms with E-state index < -0.39 is 6.03 Å². The van der Waals surface area contributed by atoms with Gasteiger partial charge in [-0.2, -0.15) is 0 Å². The number of benzene rings is 1. The summed E-state index contributed by atoms with van der Waals surface area (Å²) in [6.45, 7) is 0. The van der Waals surface area contributed by atoms with Gasteiger partial charge in [-0.15, -0.1) is 11.3 Å². The first-order chi connectivity index (χ1) is 11.3. The van der Waals surface area contributed by atoms with Gasteiger partial charge in [-0.05, 0) is 12.1 Å². The average molecular weight is 327 g/mol. The fourth-order valence-electron chi connectivity index (χ4n) is 1.92. The highest BCUT2D eigenvalue weighted by molar-refractivity contribution is 7.14. The van der Waals surface area contributed by atoms with Gasteiger partial charge < -0.3 is 4.74 Å². The van der Waals surface area contributed by atoms with E-state index in [0.717, 1.165) is 17.0 Å². The standard InChI is InChI=1S/C15H13N5O2S/c1-22-12-5-3-2-4-10(12)11-9-23-15(18-11)20-14(21)19-13-8-16-6-7-17-13/h2-9H,1H3,(H2,17,18,19,20,21). The maximum Gasteiger partial charge on any atom is 0.326 e. The number of methoxy groups -OCH3 is 1. The molecule has 0 aliphatic heterocycles. The van der Waals surface area contributed by atoms with Crippen molar-refractivity contribution in [2.24, 2.45) is 0 Å². The smallest absolute Gasteiger partial charge is 0.326 e. The fourth-order valence-corrected chi connectivity index (χ4v) is 2.63.